The zero-order valence-corrected chi connectivity index (χ0v) is 18.4. The number of methoxy groups -OCH3 is 2. The van der Waals surface area contributed by atoms with E-state index in [4.69, 9.17) is 14.5 Å². The average molecular weight is 438 g/mol. The zero-order valence-electron chi connectivity index (χ0n) is 18.4. The standard InChI is InChI=1S/C27H22N2O4/c1-32-25(30)18-3-7-20-16(11-18)5-9-23-21(20)13-27-14-29(23)15-28-24(27)10-6-17-12-19(26(31)33-2)4-8-22(17)27/h3-12H,13-15H2,1-2H3/t27-/m1/s1. The monoisotopic (exact) mass is 438 g/mol. The number of carbonyl (C=O) groups is 2. The van der Waals surface area contributed by atoms with Crippen molar-refractivity contribution in [1.29, 1.82) is 0 Å². The van der Waals surface area contributed by atoms with E-state index in [9.17, 15) is 9.59 Å². The summed E-state index contributed by atoms with van der Waals surface area (Å²) in [7, 11) is 2.79. The minimum Gasteiger partial charge on any atom is -0.465 e. The number of aliphatic imine (C=N–C) groups is 1. The Morgan fingerprint density at radius 1 is 0.939 bits per heavy atom. The van der Waals surface area contributed by atoms with E-state index in [1.54, 1.807) is 0 Å². The van der Waals surface area contributed by atoms with E-state index in [1.165, 1.54) is 31.0 Å². The van der Waals surface area contributed by atoms with E-state index >= 15 is 0 Å². The fourth-order valence-corrected chi connectivity index (χ4v) is 5.57. The summed E-state index contributed by atoms with van der Waals surface area (Å²) < 4.78 is 9.81. The van der Waals surface area contributed by atoms with E-state index in [-0.39, 0.29) is 17.4 Å². The Labute approximate surface area is 191 Å². The Morgan fingerprint density at radius 3 is 2.48 bits per heavy atom. The third kappa shape index (κ3) is 2.76. The van der Waals surface area contributed by atoms with Crippen molar-refractivity contribution in [1.82, 2.24) is 0 Å². The first-order valence-electron chi connectivity index (χ1n) is 10.9. The quantitative estimate of drug-likeness (QED) is 0.562. The predicted octanol–water partition coefficient (Wildman–Crippen LogP) is 4.15. The molecule has 2 heterocycles. The summed E-state index contributed by atoms with van der Waals surface area (Å²) in [5, 5.41) is 2.15. The molecular formula is C27H22N2O4. The van der Waals surface area contributed by atoms with Crippen LogP contribution in [0.15, 0.2) is 59.6 Å². The molecule has 2 bridgehead atoms. The summed E-state index contributed by atoms with van der Waals surface area (Å²) >= 11 is 0. The van der Waals surface area contributed by atoms with Gasteiger partial charge in [-0.05, 0) is 70.3 Å². The molecule has 0 unspecified atom stereocenters. The first-order valence-corrected chi connectivity index (χ1v) is 10.9. The van der Waals surface area contributed by atoms with Crippen LogP contribution in [0.2, 0.25) is 0 Å². The minimum absolute atomic E-state index is 0.292. The zero-order chi connectivity index (χ0) is 22.7. The highest BCUT2D eigenvalue weighted by molar-refractivity contribution is 6.12. The highest BCUT2D eigenvalue weighted by atomic mass is 16.5. The van der Waals surface area contributed by atoms with Crippen LogP contribution >= 0.6 is 0 Å². The van der Waals surface area contributed by atoms with Gasteiger partial charge in [0.25, 0.3) is 0 Å². The number of rotatable bonds is 2. The fourth-order valence-electron chi connectivity index (χ4n) is 5.57. The van der Waals surface area contributed by atoms with Gasteiger partial charge in [-0.2, -0.15) is 0 Å². The van der Waals surface area contributed by atoms with Crippen molar-refractivity contribution in [3.8, 4) is 0 Å². The summed E-state index contributed by atoms with van der Waals surface area (Å²) in [6.07, 6.45) is 4.93. The van der Waals surface area contributed by atoms with E-state index in [1.807, 2.05) is 36.4 Å². The first-order chi connectivity index (χ1) is 16.0. The van der Waals surface area contributed by atoms with E-state index in [0.717, 1.165) is 35.0 Å². The van der Waals surface area contributed by atoms with Crippen LogP contribution in [-0.4, -0.2) is 45.1 Å². The summed E-state index contributed by atoms with van der Waals surface area (Å²) in [6.45, 7) is 1.44. The van der Waals surface area contributed by atoms with Crippen molar-refractivity contribution in [2.45, 2.75) is 11.8 Å². The topological polar surface area (TPSA) is 68.2 Å². The average Bonchev–Trinajstić information content (AvgIpc) is 2.86. The largest absolute Gasteiger partial charge is 0.465 e. The number of benzene rings is 3. The normalized spacial score (nSPS) is 19.8. The van der Waals surface area contributed by atoms with Crippen LogP contribution in [0.4, 0.5) is 5.69 Å². The number of carbonyl (C=O) groups excluding carboxylic acids is 2. The number of anilines is 1. The highest BCUT2D eigenvalue weighted by Crippen LogP contribution is 2.47. The molecule has 0 saturated heterocycles. The predicted molar refractivity (Wildman–Crippen MR) is 127 cm³/mol. The number of allylic oxidation sites excluding steroid dienone is 1. The molecule has 3 aromatic rings. The molecule has 1 atom stereocenters. The van der Waals surface area contributed by atoms with E-state index < -0.39 is 0 Å². The molecule has 0 saturated carbocycles. The summed E-state index contributed by atoms with van der Waals surface area (Å²) in [5.41, 5.74) is 6.51. The SMILES string of the molecule is COC(=O)c1ccc2c(c1)C=CC1=NCN3C[C@@]12Cc1c3ccc2cc(C(=O)OC)ccc12. The first kappa shape index (κ1) is 19.7. The Morgan fingerprint density at radius 2 is 1.70 bits per heavy atom. The molecule has 1 aliphatic carbocycles. The van der Waals surface area contributed by atoms with E-state index in [0.29, 0.717) is 17.8 Å². The lowest BCUT2D eigenvalue weighted by Crippen LogP contribution is -2.55. The van der Waals surface area contributed by atoms with Crippen LogP contribution in [0.3, 0.4) is 0 Å². The minimum atomic E-state index is -0.338. The molecule has 1 spiro atoms. The molecule has 33 heavy (non-hydrogen) atoms. The molecule has 0 N–H and O–H groups in total. The molecule has 6 rings (SSSR count). The molecule has 0 aromatic heterocycles. The lowest BCUT2D eigenvalue weighted by Gasteiger charge is -2.49. The molecule has 3 aliphatic rings. The molecule has 6 heteroatoms. The number of ether oxygens (including phenoxy) is 2. The van der Waals surface area contributed by atoms with Gasteiger partial charge in [-0.25, -0.2) is 9.59 Å². The molecule has 0 amide bonds. The number of hydrogen-bond acceptors (Lipinski definition) is 6. The fraction of sp³-hybridized carbons (Fsp3) is 0.222. The van der Waals surface area contributed by atoms with Gasteiger partial charge in [0.2, 0.25) is 0 Å². The van der Waals surface area contributed by atoms with Crippen LogP contribution in [0.5, 0.6) is 0 Å². The number of nitrogens with zero attached hydrogens (tertiary/aromatic N) is 2. The third-order valence-electron chi connectivity index (χ3n) is 7.12. The van der Waals surface area contributed by atoms with Crippen molar-refractivity contribution in [2.75, 3.05) is 32.3 Å². The second kappa shape index (κ2) is 7.04. The van der Waals surface area contributed by atoms with Gasteiger partial charge in [0.05, 0.1) is 30.8 Å². The molecule has 2 aliphatic heterocycles. The smallest absolute Gasteiger partial charge is 0.337 e. The maximum atomic E-state index is 12.1. The molecule has 0 fully saturated rings. The van der Waals surface area contributed by atoms with Crippen molar-refractivity contribution in [3.63, 3.8) is 0 Å². The number of fused-ring (bicyclic) bond motifs is 6. The van der Waals surface area contributed by atoms with Crippen LogP contribution in [0.25, 0.3) is 16.8 Å². The summed E-state index contributed by atoms with van der Waals surface area (Å²) in [4.78, 5) is 31.4. The van der Waals surface area contributed by atoms with Gasteiger partial charge in [-0.15, -0.1) is 0 Å². The molecule has 3 aromatic carbocycles. The second-order valence-corrected chi connectivity index (χ2v) is 8.76. The number of esters is 2. The number of hydrogen-bond donors (Lipinski definition) is 0. The highest BCUT2D eigenvalue weighted by Gasteiger charge is 2.47. The van der Waals surface area contributed by atoms with Gasteiger partial charge < -0.3 is 14.4 Å². The van der Waals surface area contributed by atoms with Gasteiger partial charge in [-0.3, -0.25) is 4.99 Å². The maximum Gasteiger partial charge on any atom is 0.337 e. The van der Waals surface area contributed by atoms with Gasteiger partial charge in [-0.1, -0.05) is 24.3 Å². The Bertz CT molecular complexity index is 1420. The van der Waals surface area contributed by atoms with Gasteiger partial charge >= 0.3 is 11.9 Å². The third-order valence-corrected chi connectivity index (χ3v) is 7.12. The van der Waals surface area contributed by atoms with Crippen molar-refractivity contribution in [3.05, 3.63) is 82.4 Å². The van der Waals surface area contributed by atoms with Gasteiger partial charge in [0.1, 0.15) is 6.67 Å². The Balaban J connectivity index is 1.52. The van der Waals surface area contributed by atoms with Gasteiger partial charge in [0, 0.05) is 17.9 Å². The summed E-state index contributed by atoms with van der Waals surface area (Å²) in [5.74, 6) is -0.675. The maximum absolute atomic E-state index is 12.1. The molecule has 0 radical (unpaired) electrons. The van der Waals surface area contributed by atoms with Gasteiger partial charge in [0.15, 0.2) is 0 Å². The Hall–Kier alpha value is -3.93. The van der Waals surface area contributed by atoms with E-state index in [2.05, 4.69) is 29.2 Å². The molecular weight excluding hydrogens is 416 g/mol. The molecule has 6 nitrogen and oxygen atoms in total. The van der Waals surface area contributed by atoms with Crippen LogP contribution in [0.1, 0.15) is 37.4 Å². The lowest BCUT2D eigenvalue weighted by atomic mass is 9.64. The molecule has 164 valence electrons. The van der Waals surface area contributed by atoms with Crippen molar-refractivity contribution < 1.29 is 19.1 Å². The Kier molecular flexibility index (Phi) is 4.21. The summed E-state index contributed by atoms with van der Waals surface area (Å²) in [6, 6.07) is 15.7. The lowest BCUT2D eigenvalue weighted by molar-refractivity contribution is 0.0592. The van der Waals surface area contributed by atoms with Crippen molar-refractivity contribution in [2.24, 2.45) is 4.99 Å². The van der Waals surface area contributed by atoms with Crippen LogP contribution in [-0.2, 0) is 21.3 Å². The second-order valence-electron chi connectivity index (χ2n) is 8.76. The van der Waals surface area contributed by atoms with Crippen LogP contribution in [0, 0.1) is 0 Å². The van der Waals surface area contributed by atoms with Crippen LogP contribution < -0.4 is 4.90 Å². The van der Waals surface area contributed by atoms with Crippen molar-refractivity contribution >= 4 is 40.2 Å².